The first-order valence-electron chi connectivity index (χ1n) is 13.6. The van der Waals surface area contributed by atoms with E-state index in [2.05, 4.69) is 20.3 Å². The third kappa shape index (κ3) is 6.83. The molecule has 0 saturated carbocycles. The summed E-state index contributed by atoms with van der Waals surface area (Å²) in [6.45, 7) is 4.27. The molecule has 2 N–H and O–H groups in total. The van der Waals surface area contributed by atoms with Gasteiger partial charge in [-0.3, -0.25) is 14.4 Å². The average molecular weight is 574 g/mol. The number of hydrogen-bond acceptors (Lipinski definition) is 6. The molecule has 10 nitrogen and oxygen atoms in total. The predicted molar refractivity (Wildman–Crippen MR) is 158 cm³/mol. The van der Waals surface area contributed by atoms with Gasteiger partial charge in [-0.2, -0.15) is 0 Å². The molecule has 1 aliphatic rings. The van der Waals surface area contributed by atoms with E-state index in [0.29, 0.717) is 74.2 Å². The van der Waals surface area contributed by atoms with Gasteiger partial charge in [-0.05, 0) is 48.4 Å². The molecule has 1 aliphatic heterocycles. The van der Waals surface area contributed by atoms with Crippen molar-refractivity contribution in [3.63, 3.8) is 0 Å². The Morgan fingerprint density at radius 1 is 1.00 bits per heavy atom. The molecule has 2 aromatic heterocycles. The Hall–Kier alpha value is -4.44. The Bertz CT molecular complexity index is 1530. The van der Waals surface area contributed by atoms with Gasteiger partial charge in [-0.15, -0.1) is 0 Å². The summed E-state index contributed by atoms with van der Waals surface area (Å²) in [4.78, 5) is 55.3. The fraction of sp³-hybridized carbons (Fsp3) is 0.300. The summed E-state index contributed by atoms with van der Waals surface area (Å²) in [6.07, 6.45) is 4.37. The van der Waals surface area contributed by atoms with Crippen molar-refractivity contribution in [3.8, 4) is 0 Å². The third-order valence-corrected chi connectivity index (χ3v) is 7.42. The van der Waals surface area contributed by atoms with Gasteiger partial charge in [0.1, 0.15) is 17.8 Å². The molecule has 3 amide bonds. The highest BCUT2D eigenvalue weighted by Gasteiger charge is 2.25. The summed E-state index contributed by atoms with van der Waals surface area (Å²) >= 11 is 5.95. The molecular weight excluding hydrogens is 542 g/mol. The monoisotopic (exact) mass is 573 g/mol. The number of piperazine rings is 1. The van der Waals surface area contributed by atoms with Crippen LogP contribution in [0.3, 0.4) is 0 Å². The van der Waals surface area contributed by atoms with E-state index in [1.165, 1.54) is 13.3 Å². The van der Waals surface area contributed by atoms with Crippen molar-refractivity contribution in [2.45, 2.75) is 19.8 Å². The third-order valence-electron chi connectivity index (χ3n) is 7.16. The lowest BCUT2D eigenvalue weighted by molar-refractivity contribution is -0.132. The predicted octanol–water partition coefficient (Wildman–Crippen LogP) is 3.80. The number of halogens is 1. The molecule has 0 spiro atoms. The summed E-state index contributed by atoms with van der Waals surface area (Å²) in [7, 11) is 0. The number of aromatic amines is 1. The standard InChI is InChI=1S/C30H32ClN7O3/c1-21(39)32-13-14-38(29-26-11-12-33-28(26)34-20-35-29)25-4-2-3-23(19-25)30(41)37-17-15-36(16-18-37)27(40)10-7-22-5-8-24(31)9-6-22/h2-6,8-9,11-12,19-20H,7,10,13-18H2,1H3,(H,32,39)(H,33,34,35). The molecule has 1 saturated heterocycles. The Labute approximate surface area is 243 Å². The second kappa shape index (κ2) is 12.8. The fourth-order valence-electron chi connectivity index (χ4n) is 4.98. The first-order chi connectivity index (χ1) is 19.9. The van der Waals surface area contributed by atoms with Gasteiger partial charge in [0.2, 0.25) is 11.8 Å². The molecule has 0 atom stereocenters. The van der Waals surface area contributed by atoms with Crippen LogP contribution in [0.15, 0.2) is 67.1 Å². The normalized spacial score (nSPS) is 13.3. The lowest BCUT2D eigenvalue weighted by Crippen LogP contribution is -2.50. The van der Waals surface area contributed by atoms with Crippen LogP contribution in [0, 0.1) is 0 Å². The van der Waals surface area contributed by atoms with E-state index < -0.39 is 0 Å². The van der Waals surface area contributed by atoms with Crippen molar-refractivity contribution < 1.29 is 14.4 Å². The largest absolute Gasteiger partial charge is 0.355 e. The summed E-state index contributed by atoms with van der Waals surface area (Å²) < 4.78 is 0. The first kappa shape index (κ1) is 28.1. The van der Waals surface area contributed by atoms with Crippen LogP contribution >= 0.6 is 11.6 Å². The number of carbonyl (C=O) groups excluding carboxylic acids is 3. The van der Waals surface area contributed by atoms with Crippen molar-refractivity contribution in [1.82, 2.24) is 30.1 Å². The maximum Gasteiger partial charge on any atom is 0.254 e. The summed E-state index contributed by atoms with van der Waals surface area (Å²) in [5.41, 5.74) is 3.10. The maximum atomic E-state index is 13.5. The lowest BCUT2D eigenvalue weighted by atomic mass is 10.1. The number of amides is 3. The van der Waals surface area contributed by atoms with E-state index in [0.717, 1.165) is 16.6 Å². The van der Waals surface area contributed by atoms with Gasteiger partial charge in [-0.1, -0.05) is 29.8 Å². The van der Waals surface area contributed by atoms with Gasteiger partial charge in [-0.25, -0.2) is 9.97 Å². The van der Waals surface area contributed by atoms with Gasteiger partial charge in [0.25, 0.3) is 5.91 Å². The Morgan fingerprint density at radius 2 is 1.76 bits per heavy atom. The number of aryl methyl sites for hydroxylation is 1. The molecule has 41 heavy (non-hydrogen) atoms. The van der Waals surface area contributed by atoms with Gasteiger partial charge in [0.05, 0.1) is 5.39 Å². The first-order valence-corrected chi connectivity index (χ1v) is 14.0. The molecule has 5 rings (SSSR count). The molecule has 212 valence electrons. The van der Waals surface area contributed by atoms with Crippen LogP contribution < -0.4 is 10.2 Å². The molecule has 4 aromatic rings. The summed E-state index contributed by atoms with van der Waals surface area (Å²) in [6, 6.07) is 16.9. The van der Waals surface area contributed by atoms with E-state index in [1.54, 1.807) is 17.2 Å². The zero-order chi connectivity index (χ0) is 28.8. The zero-order valence-corrected chi connectivity index (χ0v) is 23.6. The smallest absolute Gasteiger partial charge is 0.254 e. The van der Waals surface area contributed by atoms with Crippen molar-refractivity contribution in [2.75, 3.05) is 44.2 Å². The molecule has 0 radical (unpaired) electrons. The van der Waals surface area contributed by atoms with E-state index in [-0.39, 0.29) is 17.7 Å². The average Bonchev–Trinajstić information content (AvgIpc) is 3.48. The Kier molecular flexibility index (Phi) is 8.79. The number of H-pyrrole nitrogens is 1. The van der Waals surface area contributed by atoms with Gasteiger partial charge in [0.15, 0.2) is 0 Å². The van der Waals surface area contributed by atoms with Crippen LogP contribution in [0.5, 0.6) is 0 Å². The molecule has 11 heteroatoms. The number of aromatic nitrogens is 3. The minimum Gasteiger partial charge on any atom is -0.355 e. The van der Waals surface area contributed by atoms with Crippen LogP contribution in [0.2, 0.25) is 5.02 Å². The van der Waals surface area contributed by atoms with Crippen LogP contribution in [0.1, 0.15) is 29.3 Å². The number of anilines is 2. The van der Waals surface area contributed by atoms with E-state index in [4.69, 9.17) is 11.6 Å². The van der Waals surface area contributed by atoms with E-state index in [1.807, 2.05) is 58.3 Å². The fourth-order valence-corrected chi connectivity index (χ4v) is 5.11. The molecule has 1 fully saturated rings. The highest BCUT2D eigenvalue weighted by Crippen LogP contribution is 2.30. The highest BCUT2D eigenvalue weighted by molar-refractivity contribution is 6.30. The zero-order valence-electron chi connectivity index (χ0n) is 22.8. The van der Waals surface area contributed by atoms with Crippen molar-refractivity contribution in [3.05, 3.63) is 83.3 Å². The SMILES string of the molecule is CC(=O)NCCN(c1cccc(C(=O)N2CCN(C(=O)CCc3ccc(Cl)cc3)CC2)c1)c1ncnc2[nH]ccc12. The number of rotatable bonds is 9. The van der Waals surface area contributed by atoms with Crippen molar-refractivity contribution >= 4 is 51.9 Å². The second-order valence-corrected chi connectivity index (χ2v) is 10.4. The number of benzene rings is 2. The molecule has 0 bridgehead atoms. The lowest BCUT2D eigenvalue weighted by Gasteiger charge is -2.35. The Balaban J connectivity index is 1.25. The summed E-state index contributed by atoms with van der Waals surface area (Å²) in [5, 5.41) is 4.35. The second-order valence-electron chi connectivity index (χ2n) is 9.92. The molecular formula is C30H32ClN7O3. The molecule has 0 unspecified atom stereocenters. The van der Waals surface area contributed by atoms with Crippen LogP contribution in [-0.2, 0) is 16.0 Å². The minimum absolute atomic E-state index is 0.0867. The quantitative estimate of drug-likeness (QED) is 0.315. The Morgan fingerprint density at radius 3 is 2.51 bits per heavy atom. The molecule has 2 aromatic carbocycles. The molecule has 3 heterocycles. The van der Waals surface area contributed by atoms with Crippen molar-refractivity contribution in [1.29, 1.82) is 0 Å². The minimum atomic E-state index is -0.119. The van der Waals surface area contributed by atoms with Gasteiger partial charge < -0.3 is 25.0 Å². The number of carbonyl (C=O) groups is 3. The van der Waals surface area contributed by atoms with Gasteiger partial charge in [0, 0.05) is 75.1 Å². The van der Waals surface area contributed by atoms with Crippen LogP contribution in [0.25, 0.3) is 11.0 Å². The van der Waals surface area contributed by atoms with Crippen molar-refractivity contribution in [2.24, 2.45) is 0 Å². The van der Waals surface area contributed by atoms with Crippen LogP contribution in [0.4, 0.5) is 11.5 Å². The molecule has 0 aliphatic carbocycles. The number of hydrogen-bond donors (Lipinski definition) is 2. The number of nitrogens with one attached hydrogen (secondary N) is 2. The van der Waals surface area contributed by atoms with E-state index in [9.17, 15) is 14.4 Å². The topological polar surface area (TPSA) is 115 Å². The maximum absolute atomic E-state index is 13.5. The van der Waals surface area contributed by atoms with E-state index >= 15 is 0 Å². The number of nitrogens with zero attached hydrogens (tertiary/aromatic N) is 5. The summed E-state index contributed by atoms with van der Waals surface area (Å²) in [5.74, 6) is 0.559. The van der Waals surface area contributed by atoms with Crippen LogP contribution in [-0.4, -0.2) is 81.7 Å². The van der Waals surface area contributed by atoms with Gasteiger partial charge >= 0.3 is 0 Å². The number of fused-ring (bicyclic) bond motifs is 1. The highest BCUT2D eigenvalue weighted by atomic mass is 35.5.